The second kappa shape index (κ2) is 4.91. The molecule has 0 aromatic rings. The van der Waals surface area contributed by atoms with E-state index in [0.717, 1.165) is 0 Å². The fraction of sp³-hybridized carbons (Fsp3) is 0.727. The van der Waals surface area contributed by atoms with Gasteiger partial charge in [-0.1, -0.05) is 12.2 Å². The van der Waals surface area contributed by atoms with Crippen LogP contribution in [0.4, 0.5) is 0 Å². The quantitative estimate of drug-likeness (QED) is 0.588. The minimum atomic E-state index is -0.483. The lowest BCUT2D eigenvalue weighted by molar-refractivity contribution is -0.156. The van der Waals surface area contributed by atoms with E-state index >= 15 is 0 Å². The highest BCUT2D eigenvalue weighted by Crippen LogP contribution is 2.20. The highest BCUT2D eigenvalue weighted by Gasteiger charge is 2.29. The van der Waals surface area contributed by atoms with Gasteiger partial charge in [-0.3, -0.25) is 4.99 Å². The van der Waals surface area contributed by atoms with Gasteiger partial charge in [0.15, 0.2) is 0 Å². The van der Waals surface area contributed by atoms with E-state index in [1.54, 1.807) is 6.21 Å². The topological polar surface area (TPSA) is 64.7 Å². The standard InChI is InChI=1S/C11H18N2O2S/c1-11(2,3)15-10(14)8-6-7(9(12)16)4-5-13-8/h5,7-8H,4,6H2,1-3H3,(H2,12,16). The molecule has 0 saturated carbocycles. The smallest absolute Gasteiger partial charge is 0.331 e. The molecule has 5 heteroatoms. The van der Waals surface area contributed by atoms with Crippen LogP contribution in [-0.2, 0) is 9.53 Å². The van der Waals surface area contributed by atoms with Crippen LogP contribution in [0.15, 0.2) is 4.99 Å². The summed E-state index contributed by atoms with van der Waals surface area (Å²) in [5, 5.41) is 0. The Balaban J connectivity index is 2.61. The molecule has 0 aliphatic carbocycles. The first-order valence-electron chi connectivity index (χ1n) is 5.33. The van der Waals surface area contributed by atoms with Crippen molar-refractivity contribution in [2.45, 2.75) is 45.3 Å². The lowest BCUT2D eigenvalue weighted by Gasteiger charge is -2.26. The van der Waals surface area contributed by atoms with Gasteiger partial charge in [0.05, 0.1) is 4.99 Å². The van der Waals surface area contributed by atoms with Crippen LogP contribution < -0.4 is 5.73 Å². The molecule has 2 N–H and O–H groups in total. The summed E-state index contributed by atoms with van der Waals surface area (Å²) in [5.74, 6) is -0.241. The van der Waals surface area contributed by atoms with Crippen molar-refractivity contribution in [3.8, 4) is 0 Å². The lowest BCUT2D eigenvalue weighted by Crippen LogP contribution is -2.36. The molecule has 2 unspecified atom stereocenters. The van der Waals surface area contributed by atoms with Crippen molar-refractivity contribution >= 4 is 29.4 Å². The van der Waals surface area contributed by atoms with Crippen molar-refractivity contribution in [2.24, 2.45) is 16.6 Å². The van der Waals surface area contributed by atoms with Gasteiger partial charge in [-0.05, 0) is 33.6 Å². The highest BCUT2D eigenvalue weighted by atomic mass is 32.1. The van der Waals surface area contributed by atoms with Crippen LogP contribution in [0.2, 0.25) is 0 Å². The Kier molecular flexibility index (Phi) is 4.02. The van der Waals surface area contributed by atoms with Gasteiger partial charge in [0, 0.05) is 12.1 Å². The number of thiocarbonyl (C=S) groups is 1. The molecule has 0 saturated heterocycles. The molecule has 0 aromatic heterocycles. The van der Waals surface area contributed by atoms with E-state index < -0.39 is 11.6 Å². The van der Waals surface area contributed by atoms with Gasteiger partial charge < -0.3 is 10.5 Å². The first-order valence-corrected chi connectivity index (χ1v) is 5.74. The molecular weight excluding hydrogens is 224 g/mol. The maximum Gasteiger partial charge on any atom is 0.331 e. The number of hydrogen-bond donors (Lipinski definition) is 1. The molecule has 90 valence electrons. The van der Waals surface area contributed by atoms with Gasteiger partial charge in [-0.25, -0.2) is 4.79 Å². The molecule has 4 nitrogen and oxygen atoms in total. The van der Waals surface area contributed by atoms with E-state index in [9.17, 15) is 4.79 Å². The van der Waals surface area contributed by atoms with E-state index in [2.05, 4.69) is 4.99 Å². The number of carbonyl (C=O) groups excluding carboxylic acids is 1. The van der Waals surface area contributed by atoms with Gasteiger partial charge >= 0.3 is 5.97 Å². The molecule has 0 spiro atoms. The molecule has 0 aromatic carbocycles. The molecule has 16 heavy (non-hydrogen) atoms. The normalized spacial score (nSPS) is 25.2. The van der Waals surface area contributed by atoms with Crippen molar-refractivity contribution in [3.63, 3.8) is 0 Å². The summed E-state index contributed by atoms with van der Waals surface area (Å²) in [6.07, 6.45) is 2.98. The Morgan fingerprint density at radius 2 is 2.19 bits per heavy atom. The zero-order valence-electron chi connectivity index (χ0n) is 9.90. The highest BCUT2D eigenvalue weighted by molar-refractivity contribution is 7.80. The third kappa shape index (κ3) is 3.89. The van der Waals surface area contributed by atoms with Crippen LogP contribution in [0.1, 0.15) is 33.6 Å². The molecule has 1 rings (SSSR count). The Hall–Kier alpha value is -0.970. The van der Waals surface area contributed by atoms with E-state index in [4.69, 9.17) is 22.7 Å². The molecule has 0 bridgehead atoms. The zero-order chi connectivity index (χ0) is 12.3. The summed E-state index contributed by atoms with van der Waals surface area (Å²) < 4.78 is 5.27. The molecule has 0 radical (unpaired) electrons. The summed E-state index contributed by atoms with van der Waals surface area (Å²) in [6, 6.07) is -0.459. The Bertz CT molecular complexity index is 320. The number of rotatable bonds is 2. The van der Waals surface area contributed by atoms with E-state index in [-0.39, 0.29) is 11.9 Å². The molecule has 1 aliphatic heterocycles. The average molecular weight is 242 g/mol. The zero-order valence-corrected chi connectivity index (χ0v) is 10.7. The van der Waals surface area contributed by atoms with Crippen LogP contribution in [0, 0.1) is 5.92 Å². The molecule has 1 heterocycles. The average Bonchev–Trinajstić information content (AvgIpc) is 2.15. The van der Waals surface area contributed by atoms with Crippen LogP contribution >= 0.6 is 12.2 Å². The Morgan fingerprint density at radius 3 is 2.69 bits per heavy atom. The first kappa shape index (κ1) is 13.1. The van der Waals surface area contributed by atoms with Gasteiger partial charge in [-0.2, -0.15) is 0 Å². The molecule has 2 atom stereocenters. The van der Waals surface area contributed by atoms with E-state index in [0.29, 0.717) is 17.8 Å². The van der Waals surface area contributed by atoms with Crippen molar-refractivity contribution in [3.05, 3.63) is 0 Å². The number of nitrogens with two attached hydrogens (primary N) is 1. The van der Waals surface area contributed by atoms with Crippen LogP contribution in [0.5, 0.6) is 0 Å². The van der Waals surface area contributed by atoms with Crippen LogP contribution in [0.25, 0.3) is 0 Å². The first-order chi connectivity index (χ1) is 7.29. The predicted molar refractivity (Wildman–Crippen MR) is 67.6 cm³/mol. The van der Waals surface area contributed by atoms with Crippen molar-refractivity contribution in [1.29, 1.82) is 0 Å². The van der Waals surface area contributed by atoms with E-state index in [1.807, 2.05) is 20.8 Å². The summed E-state index contributed by atoms with van der Waals surface area (Å²) in [4.78, 5) is 16.3. The van der Waals surface area contributed by atoms with Crippen molar-refractivity contribution in [2.75, 3.05) is 0 Å². The number of aliphatic imine (C=N–C) groups is 1. The minimum Gasteiger partial charge on any atom is -0.458 e. The van der Waals surface area contributed by atoms with E-state index in [1.165, 1.54) is 0 Å². The van der Waals surface area contributed by atoms with Crippen LogP contribution in [-0.4, -0.2) is 28.8 Å². The molecule has 1 aliphatic rings. The molecular formula is C11H18N2O2S. The Morgan fingerprint density at radius 1 is 1.56 bits per heavy atom. The monoisotopic (exact) mass is 242 g/mol. The second-order valence-corrected chi connectivity index (χ2v) is 5.42. The fourth-order valence-electron chi connectivity index (χ4n) is 1.50. The largest absolute Gasteiger partial charge is 0.458 e. The maximum absolute atomic E-state index is 11.8. The van der Waals surface area contributed by atoms with Gasteiger partial charge in [0.1, 0.15) is 11.6 Å². The number of hydrogen-bond acceptors (Lipinski definition) is 4. The summed E-state index contributed by atoms with van der Waals surface area (Å²) in [6.45, 7) is 5.51. The predicted octanol–water partition coefficient (Wildman–Crippen LogP) is 1.46. The van der Waals surface area contributed by atoms with Crippen LogP contribution in [0.3, 0.4) is 0 Å². The third-order valence-corrected chi connectivity index (χ3v) is 2.60. The summed E-state index contributed by atoms with van der Waals surface area (Å²) in [7, 11) is 0. The molecule has 0 fully saturated rings. The second-order valence-electron chi connectivity index (χ2n) is 4.95. The number of ether oxygens (including phenoxy) is 1. The summed E-state index contributed by atoms with van der Waals surface area (Å²) >= 11 is 4.93. The van der Waals surface area contributed by atoms with Gasteiger partial charge in [0.2, 0.25) is 0 Å². The van der Waals surface area contributed by atoms with Crippen molar-refractivity contribution in [1.82, 2.24) is 0 Å². The number of carbonyl (C=O) groups is 1. The fourth-order valence-corrected chi connectivity index (χ4v) is 1.69. The van der Waals surface area contributed by atoms with Gasteiger partial charge in [0.25, 0.3) is 0 Å². The summed E-state index contributed by atoms with van der Waals surface area (Å²) in [5.41, 5.74) is 5.09. The lowest BCUT2D eigenvalue weighted by atomic mass is 9.94. The number of nitrogens with zero attached hydrogens (tertiary/aromatic N) is 1. The SMILES string of the molecule is CC(C)(C)OC(=O)C1CC(C(N)=S)CC=N1. The third-order valence-electron chi connectivity index (χ3n) is 2.26. The minimum absolute atomic E-state index is 0.0602. The molecule has 0 amide bonds. The number of esters is 1. The van der Waals surface area contributed by atoms with Crippen molar-refractivity contribution < 1.29 is 9.53 Å². The maximum atomic E-state index is 11.8. The Labute approximate surface area is 101 Å². The van der Waals surface area contributed by atoms with Gasteiger partial charge in [-0.15, -0.1) is 0 Å².